The highest BCUT2D eigenvalue weighted by molar-refractivity contribution is 7.90. The molecule has 2 N–H and O–H groups in total. The molecule has 0 unspecified atom stereocenters. The van der Waals surface area contributed by atoms with Gasteiger partial charge in [-0.05, 0) is 13.8 Å². The highest BCUT2D eigenvalue weighted by Crippen LogP contribution is 2.06. The molecule has 0 spiro atoms. The number of hydrogen-bond acceptors (Lipinski definition) is 4. The summed E-state index contributed by atoms with van der Waals surface area (Å²) in [5.41, 5.74) is 0. The van der Waals surface area contributed by atoms with Crippen LogP contribution in [0, 0.1) is 0 Å². The summed E-state index contributed by atoms with van der Waals surface area (Å²) in [7, 11) is -3.59. The summed E-state index contributed by atoms with van der Waals surface area (Å²) in [6, 6.07) is -0.192. The van der Waals surface area contributed by atoms with Gasteiger partial charge in [-0.15, -0.1) is 0 Å². The minimum atomic E-state index is -3.59. The molecule has 0 amide bonds. The lowest BCUT2D eigenvalue weighted by molar-refractivity contribution is 0.575. The number of rotatable bonds is 4. The van der Waals surface area contributed by atoms with Gasteiger partial charge in [0.25, 0.3) is 0 Å². The van der Waals surface area contributed by atoms with E-state index >= 15 is 0 Å². The van der Waals surface area contributed by atoms with Crippen LogP contribution in [0.1, 0.15) is 13.8 Å². The van der Waals surface area contributed by atoms with Crippen molar-refractivity contribution in [2.45, 2.75) is 19.9 Å². The van der Waals surface area contributed by atoms with Crippen LogP contribution in [0.25, 0.3) is 0 Å². The van der Waals surface area contributed by atoms with Gasteiger partial charge < -0.3 is 0 Å². The molecule has 15 heavy (non-hydrogen) atoms. The molecule has 0 saturated carbocycles. The maximum absolute atomic E-state index is 11.4. The van der Waals surface area contributed by atoms with Crippen molar-refractivity contribution in [3.05, 3.63) is 17.5 Å². The van der Waals surface area contributed by atoms with Gasteiger partial charge in [0.05, 0.1) is 12.4 Å². The van der Waals surface area contributed by atoms with Gasteiger partial charge in [-0.25, -0.2) is 9.97 Å². The van der Waals surface area contributed by atoms with E-state index in [1.54, 1.807) is 13.8 Å². The fraction of sp³-hybridized carbons (Fsp3) is 0.429. The highest BCUT2D eigenvalue weighted by Gasteiger charge is 2.11. The molecule has 0 atom stereocenters. The van der Waals surface area contributed by atoms with Crippen molar-refractivity contribution in [2.75, 3.05) is 4.72 Å². The van der Waals surface area contributed by atoms with E-state index in [2.05, 4.69) is 19.4 Å². The first-order valence-corrected chi connectivity index (χ1v) is 6.03. The molecule has 0 aliphatic heterocycles. The minimum absolute atomic E-state index is 0.118. The predicted octanol–water partition coefficient (Wildman–Crippen LogP) is 0.785. The largest absolute Gasteiger partial charge is 0.300 e. The SMILES string of the molecule is CC(C)NS(=O)(=O)Nc1cnc(Cl)cn1. The standard InChI is InChI=1S/C7H11ClN4O2S/c1-5(2)11-15(13,14)12-7-4-9-6(8)3-10-7/h3-5,11H,1-2H3,(H,10,12). The molecule has 0 aliphatic carbocycles. The Kier molecular flexibility index (Phi) is 3.83. The first kappa shape index (κ1) is 12.2. The molecule has 0 radical (unpaired) electrons. The zero-order chi connectivity index (χ0) is 11.5. The van der Waals surface area contributed by atoms with Crippen molar-refractivity contribution in [1.29, 1.82) is 0 Å². The number of nitrogens with one attached hydrogen (secondary N) is 2. The van der Waals surface area contributed by atoms with Crippen LogP contribution in [0.15, 0.2) is 12.4 Å². The van der Waals surface area contributed by atoms with E-state index in [1.807, 2.05) is 0 Å². The topological polar surface area (TPSA) is 84.0 Å². The van der Waals surface area contributed by atoms with Crippen molar-refractivity contribution < 1.29 is 8.42 Å². The summed E-state index contributed by atoms with van der Waals surface area (Å²) in [4.78, 5) is 7.44. The van der Waals surface area contributed by atoms with E-state index in [1.165, 1.54) is 12.4 Å². The highest BCUT2D eigenvalue weighted by atomic mass is 35.5. The molecule has 84 valence electrons. The monoisotopic (exact) mass is 250 g/mol. The van der Waals surface area contributed by atoms with Gasteiger partial charge in [-0.1, -0.05) is 11.6 Å². The fourth-order valence-corrected chi connectivity index (χ4v) is 2.00. The van der Waals surface area contributed by atoms with Crippen LogP contribution in [-0.4, -0.2) is 24.4 Å². The minimum Gasteiger partial charge on any atom is -0.253 e. The van der Waals surface area contributed by atoms with Crippen molar-refractivity contribution in [1.82, 2.24) is 14.7 Å². The number of nitrogens with zero attached hydrogens (tertiary/aromatic N) is 2. The van der Waals surface area contributed by atoms with E-state index in [0.717, 1.165) is 0 Å². The first-order valence-electron chi connectivity index (χ1n) is 4.16. The Labute approximate surface area is 93.3 Å². The second kappa shape index (κ2) is 4.73. The molecule has 0 aliphatic rings. The lowest BCUT2D eigenvalue weighted by atomic mass is 10.4. The van der Waals surface area contributed by atoms with Crippen LogP contribution in [0.3, 0.4) is 0 Å². The summed E-state index contributed by atoms with van der Waals surface area (Å²) in [5.74, 6) is 0.118. The lowest BCUT2D eigenvalue weighted by Crippen LogP contribution is -2.35. The van der Waals surface area contributed by atoms with E-state index in [0.29, 0.717) is 0 Å². The number of hydrogen-bond donors (Lipinski definition) is 2. The second-order valence-corrected chi connectivity index (χ2v) is 4.94. The Bertz CT molecular complexity index is 417. The summed E-state index contributed by atoms with van der Waals surface area (Å²) >= 11 is 5.50. The third kappa shape index (κ3) is 4.41. The van der Waals surface area contributed by atoms with Crippen LogP contribution in [-0.2, 0) is 10.2 Å². The summed E-state index contributed by atoms with van der Waals surface area (Å²) in [6.07, 6.45) is 2.50. The van der Waals surface area contributed by atoms with Crippen LogP contribution in [0.5, 0.6) is 0 Å². The van der Waals surface area contributed by atoms with E-state index < -0.39 is 10.2 Å². The van der Waals surface area contributed by atoms with Crippen LogP contribution >= 0.6 is 11.6 Å². The molecule has 1 aromatic rings. The summed E-state index contributed by atoms with van der Waals surface area (Å²) in [6.45, 7) is 3.43. The third-order valence-electron chi connectivity index (χ3n) is 1.25. The van der Waals surface area contributed by atoms with Crippen molar-refractivity contribution in [3.8, 4) is 0 Å². The Morgan fingerprint density at radius 2 is 2.00 bits per heavy atom. The molecule has 1 rings (SSSR count). The molecule has 0 bridgehead atoms. The summed E-state index contributed by atoms with van der Waals surface area (Å²) in [5, 5.41) is 0.203. The Balaban J connectivity index is 2.73. The first-order chi connectivity index (χ1) is 6.89. The molecule has 0 fully saturated rings. The predicted molar refractivity (Wildman–Crippen MR) is 57.9 cm³/mol. The normalized spacial score (nSPS) is 11.7. The maximum atomic E-state index is 11.4. The van der Waals surface area contributed by atoms with Crippen molar-refractivity contribution >= 4 is 27.6 Å². The number of halogens is 1. The van der Waals surface area contributed by atoms with Gasteiger partial charge in [0.15, 0.2) is 5.82 Å². The molecular formula is C7H11ClN4O2S. The van der Waals surface area contributed by atoms with Crippen LogP contribution in [0.4, 0.5) is 5.82 Å². The zero-order valence-corrected chi connectivity index (χ0v) is 9.80. The van der Waals surface area contributed by atoms with Crippen molar-refractivity contribution in [2.24, 2.45) is 0 Å². The Morgan fingerprint density at radius 3 is 2.47 bits per heavy atom. The molecule has 6 nitrogen and oxygen atoms in total. The quantitative estimate of drug-likeness (QED) is 0.827. The van der Waals surface area contributed by atoms with Gasteiger partial charge in [-0.3, -0.25) is 4.72 Å². The molecule has 1 heterocycles. The van der Waals surface area contributed by atoms with E-state index in [9.17, 15) is 8.42 Å². The van der Waals surface area contributed by atoms with Crippen LogP contribution < -0.4 is 9.44 Å². The second-order valence-electron chi connectivity index (χ2n) is 3.10. The average molecular weight is 251 g/mol. The Hall–Kier alpha value is -0.920. The third-order valence-corrected chi connectivity index (χ3v) is 2.70. The van der Waals surface area contributed by atoms with Gasteiger partial charge in [-0.2, -0.15) is 13.1 Å². The smallest absolute Gasteiger partial charge is 0.253 e. The van der Waals surface area contributed by atoms with Gasteiger partial charge in [0.1, 0.15) is 5.15 Å². The van der Waals surface area contributed by atoms with Gasteiger partial charge in [0, 0.05) is 6.04 Å². The molecular weight excluding hydrogens is 240 g/mol. The molecule has 0 aromatic carbocycles. The molecule has 8 heteroatoms. The number of anilines is 1. The van der Waals surface area contributed by atoms with Gasteiger partial charge in [0.2, 0.25) is 0 Å². The van der Waals surface area contributed by atoms with Gasteiger partial charge >= 0.3 is 10.2 Å². The van der Waals surface area contributed by atoms with Crippen LogP contribution in [0.2, 0.25) is 5.15 Å². The number of aromatic nitrogens is 2. The molecule has 1 aromatic heterocycles. The molecule has 0 saturated heterocycles. The fourth-order valence-electron chi connectivity index (χ4n) is 0.842. The van der Waals surface area contributed by atoms with E-state index in [4.69, 9.17) is 11.6 Å². The summed E-state index contributed by atoms with van der Waals surface area (Å²) < 4.78 is 27.3. The maximum Gasteiger partial charge on any atom is 0.300 e. The zero-order valence-electron chi connectivity index (χ0n) is 8.23. The Morgan fingerprint density at radius 1 is 1.33 bits per heavy atom. The average Bonchev–Trinajstić information content (AvgIpc) is 2.06. The van der Waals surface area contributed by atoms with E-state index in [-0.39, 0.29) is 17.0 Å². The van der Waals surface area contributed by atoms with Crippen molar-refractivity contribution in [3.63, 3.8) is 0 Å². The lowest BCUT2D eigenvalue weighted by Gasteiger charge is -2.10.